The zero-order valence-corrected chi connectivity index (χ0v) is 16.9. The van der Waals surface area contributed by atoms with Gasteiger partial charge in [0.1, 0.15) is 0 Å². The summed E-state index contributed by atoms with van der Waals surface area (Å²) in [4.78, 5) is 12.8. The van der Waals surface area contributed by atoms with Crippen molar-refractivity contribution in [2.24, 2.45) is 0 Å². The van der Waals surface area contributed by atoms with Gasteiger partial charge in [-0.3, -0.25) is 4.79 Å². The fourth-order valence-corrected chi connectivity index (χ4v) is 4.29. The van der Waals surface area contributed by atoms with Gasteiger partial charge in [-0.25, -0.2) is 8.42 Å². The summed E-state index contributed by atoms with van der Waals surface area (Å²) in [5, 5.41) is 3.33. The number of carbonyl (C=O) groups is 1. The summed E-state index contributed by atoms with van der Waals surface area (Å²) in [6.45, 7) is 7.94. The molecule has 0 saturated heterocycles. The van der Waals surface area contributed by atoms with Crippen LogP contribution in [0.2, 0.25) is 5.02 Å². The highest BCUT2D eigenvalue weighted by Gasteiger charge is 2.23. The minimum atomic E-state index is -3.63. The lowest BCUT2D eigenvalue weighted by Gasteiger charge is -2.19. The fourth-order valence-electron chi connectivity index (χ4n) is 2.64. The minimum absolute atomic E-state index is 0.111. The third-order valence-corrected chi connectivity index (χ3v) is 6.53. The van der Waals surface area contributed by atoms with E-state index in [2.05, 4.69) is 5.32 Å². The van der Waals surface area contributed by atoms with Crippen molar-refractivity contribution >= 4 is 33.2 Å². The molecule has 2 aromatic rings. The standard InChI is InChI=1S/C19H23ClN2O3S/c1-5-22(6-2)26(24,25)16-10-8-13(3)17(12-16)19(23)21-18-11-15(20)9-7-14(18)4/h7-12H,5-6H2,1-4H3,(H,21,23). The maximum atomic E-state index is 12.7. The number of benzene rings is 2. The van der Waals surface area contributed by atoms with Crippen LogP contribution in [0.15, 0.2) is 41.3 Å². The lowest BCUT2D eigenvalue weighted by molar-refractivity contribution is 0.102. The lowest BCUT2D eigenvalue weighted by atomic mass is 10.1. The SMILES string of the molecule is CCN(CC)S(=O)(=O)c1ccc(C)c(C(=O)Nc2cc(Cl)ccc2C)c1. The first kappa shape index (κ1) is 20.4. The molecule has 1 amide bonds. The number of hydrogen-bond donors (Lipinski definition) is 1. The molecule has 0 bridgehead atoms. The number of nitrogens with one attached hydrogen (secondary N) is 1. The van der Waals surface area contributed by atoms with Gasteiger partial charge in [-0.15, -0.1) is 0 Å². The molecule has 0 atom stereocenters. The summed E-state index contributed by atoms with van der Waals surface area (Å²) < 4.78 is 26.8. The summed E-state index contributed by atoms with van der Waals surface area (Å²) >= 11 is 5.99. The Morgan fingerprint density at radius 2 is 1.65 bits per heavy atom. The Morgan fingerprint density at radius 3 is 2.27 bits per heavy atom. The molecule has 140 valence electrons. The van der Waals surface area contributed by atoms with Gasteiger partial charge >= 0.3 is 0 Å². The summed E-state index contributed by atoms with van der Waals surface area (Å²) in [6.07, 6.45) is 0. The number of sulfonamides is 1. The van der Waals surface area contributed by atoms with Gasteiger partial charge in [0, 0.05) is 29.4 Å². The van der Waals surface area contributed by atoms with Gasteiger partial charge in [-0.1, -0.05) is 37.6 Å². The van der Waals surface area contributed by atoms with Crippen LogP contribution in [0.4, 0.5) is 5.69 Å². The van der Waals surface area contributed by atoms with Crippen LogP contribution >= 0.6 is 11.6 Å². The van der Waals surface area contributed by atoms with E-state index in [-0.39, 0.29) is 10.8 Å². The smallest absolute Gasteiger partial charge is 0.255 e. The maximum Gasteiger partial charge on any atom is 0.255 e. The first-order valence-electron chi connectivity index (χ1n) is 8.39. The molecule has 0 heterocycles. The largest absolute Gasteiger partial charge is 0.322 e. The molecular formula is C19H23ClN2O3S. The molecule has 0 aliphatic rings. The zero-order chi connectivity index (χ0) is 19.5. The lowest BCUT2D eigenvalue weighted by Crippen LogP contribution is -2.30. The predicted octanol–water partition coefficient (Wildman–Crippen LogP) is 4.24. The highest BCUT2D eigenvalue weighted by Crippen LogP contribution is 2.23. The normalized spacial score (nSPS) is 11.6. The van der Waals surface area contributed by atoms with Crippen LogP contribution in [-0.4, -0.2) is 31.7 Å². The molecule has 0 radical (unpaired) electrons. The number of amides is 1. The zero-order valence-electron chi connectivity index (χ0n) is 15.3. The van der Waals surface area contributed by atoms with Crippen molar-refractivity contribution in [2.75, 3.05) is 18.4 Å². The van der Waals surface area contributed by atoms with Crippen LogP contribution in [0.1, 0.15) is 35.3 Å². The Kier molecular flexibility index (Phi) is 6.44. The van der Waals surface area contributed by atoms with E-state index in [0.29, 0.717) is 34.9 Å². The van der Waals surface area contributed by atoms with E-state index in [1.54, 1.807) is 39.0 Å². The number of anilines is 1. The highest BCUT2D eigenvalue weighted by molar-refractivity contribution is 7.89. The Morgan fingerprint density at radius 1 is 1.04 bits per heavy atom. The van der Waals surface area contributed by atoms with Crippen LogP contribution in [0.25, 0.3) is 0 Å². The van der Waals surface area contributed by atoms with E-state index in [9.17, 15) is 13.2 Å². The average Bonchev–Trinajstić information content (AvgIpc) is 2.59. The maximum absolute atomic E-state index is 12.7. The van der Waals surface area contributed by atoms with Gasteiger partial charge in [-0.2, -0.15) is 4.31 Å². The number of halogens is 1. The molecule has 0 saturated carbocycles. The predicted molar refractivity (Wildman–Crippen MR) is 105 cm³/mol. The number of carbonyl (C=O) groups excluding carboxylic acids is 1. The molecule has 1 N–H and O–H groups in total. The third kappa shape index (κ3) is 4.26. The molecule has 5 nitrogen and oxygen atoms in total. The molecule has 2 rings (SSSR count). The van der Waals surface area contributed by atoms with Gasteiger partial charge in [0.2, 0.25) is 10.0 Å². The first-order chi connectivity index (χ1) is 12.2. The molecule has 0 spiro atoms. The van der Waals surface area contributed by atoms with Crippen molar-refractivity contribution in [2.45, 2.75) is 32.6 Å². The van der Waals surface area contributed by atoms with Gasteiger partial charge in [-0.05, 0) is 49.2 Å². The van der Waals surface area contributed by atoms with Crippen molar-refractivity contribution in [3.63, 3.8) is 0 Å². The van der Waals surface area contributed by atoms with Crippen LogP contribution in [0, 0.1) is 13.8 Å². The number of hydrogen-bond acceptors (Lipinski definition) is 3. The van der Waals surface area contributed by atoms with Crippen LogP contribution < -0.4 is 5.32 Å². The molecule has 7 heteroatoms. The second-order valence-electron chi connectivity index (χ2n) is 5.98. The average molecular weight is 395 g/mol. The Balaban J connectivity index is 2.41. The van der Waals surface area contributed by atoms with Gasteiger partial charge in [0.15, 0.2) is 0 Å². The Bertz CT molecular complexity index is 922. The quantitative estimate of drug-likeness (QED) is 0.796. The van der Waals surface area contributed by atoms with Crippen LogP contribution in [-0.2, 0) is 10.0 Å². The Labute approximate surface area is 160 Å². The second kappa shape index (κ2) is 8.20. The van der Waals surface area contributed by atoms with E-state index >= 15 is 0 Å². The third-order valence-electron chi connectivity index (χ3n) is 4.24. The van der Waals surface area contributed by atoms with E-state index in [1.807, 2.05) is 13.0 Å². The van der Waals surface area contributed by atoms with Crippen LogP contribution in [0.3, 0.4) is 0 Å². The summed E-state index contributed by atoms with van der Waals surface area (Å²) in [5.74, 6) is -0.371. The Hall–Kier alpha value is -1.89. The number of nitrogens with zero attached hydrogens (tertiary/aromatic N) is 1. The highest BCUT2D eigenvalue weighted by atomic mass is 35.5. The summed E-state index contributed by atoms with van der Waals surface area (Å²) in [5.41, 5.74) is 2.48. The minimum Gasteiger partial charge on any atom is -0.322 e. The van der Waals surface area contributed by atoms with E-state index < -0.39 is 10.0 Å². The van der Waals surface area contributed by atoms with Crippen molar-refractivity contribution < 1.29 is 13.2 Å². The van der Waals surface area contributed by atoms with Crippen molar-refractivity contribution in [3.8, 4) is 0 Å². The fraction of sp³-hybridized carbons (Fsp3) is 0.316. The van der Waals surface area contributed by atoms with Gasteiger partial charge in [0.05, 0.1) is 4.90 Å². The first-order valence-corrected chi connectivity index (χ1v) is 10.2. The van der Waals surface area contributed by atoms with E-state index in [1.165, 1.54) is 16.4 Å². The molecule has 0 aromatic heterocycles. The molecular weight excluding hydrogens is 372 g/mol. The van der Waals surface area contributed by atoms with Crippen molar-refractivity contribution in [3.05, 3.63) is 58.1 Å². The molecule has 0 aliphatic carbocycles. The number of aryl methyl sites for hydroxylation is 2. The van der Waals surface area contributed by atoms with Crippen molar-refractivity contribution in [1.82, 2.24) is 4.31 Å². The van der Waals surface area contributed by atoms with Gasteiger partial charge < -0.3 is 5.32 Å². The second-order valence-corrected chi connectivity index (χ2v) is 8.35. The van der Waals surface area contributed by atoms with Gasteiger partial charge in [0.25, 0.3) is 5.91 Å². The van der Waals surface area contributed by atoms with Crippen LogP contribution in [0.5, 0.6) is 0 Å². The summed E-state index contributed by atoms with van der Waals surface area (Å²) in [6, 6.07) is 9.83. The topological polar surface area (TPSA) is 66.5 Å². The van der Waals surface area contributed by atoms with Crippen molar-refractivity contribution in [1.29, 1.82) is 0 Å². The summed E-state index contributed by atoms with van der Waals surface area (Å²) in [7, 11) is -3.63. The number of rotatable bonds is 6. The molecule has 0 unspecified atom stereocenters. The molecule has 26 heavy (non-hydrogen) atoms. The molecule has 0 fully saturated rings. The molecule has 2 aromatic carbocycles. The monoisotopic (exact) mass is 394 g/mol. The molecule has 0 aliphatic heterocycles. The van der Waals surface area contributed by atoms with E-state index in [0.717, 1.165) is 5.56 Å². The van der Waals surface area contributed by atoms with E-state index in [4.69, 9.17) is 11.6 Å².